The van der Waals surface area contributed by atoms with Gasteiger partial charge in [-0.05, 0) is 42.0 Å². The van der Waals surface area contributed by atoms with Gasteiger partial charge in [0.25, 0.3) is 5.91 Å². The van der Waals surface area contributed by atoms with Crippen molar-refractivity contribution in [3.8, 4) is 5.75 Å². The van der Waals surface area contributed by atoms with Crippen LogP contribution in [0.3, 0.4) is 0 Å². The molecule has 0 bridgehead atoms. The van der Waals surface area contributed by atoms with Crippen molar-refractivity contribution in [1.82, 2.24) is 5.32 Å². The van der Waals surface area contributed by atoms with Crippen LogP contribution in [0.15, 0.2) is 54.6 Å². The Kier molecular flexibility index (Phi) is 4.39. The van der Waals surface area contributed by atoms with Gasteiger partial charge in [-0.2, -0.15) is 0 Å². The number of rotatable bonds is 5. The molecule has 0 aliphatic heterocycles. The quantitative estimate of drug-likeness (QED) is 0.723. The van der Waals surface area contributed by atoms with Gasteiger partial charge < -0.3 is 10.1 Å². The SMILES string of the molecule is Cc1ccc(C(=O)NCCOc2ccc3ccccc3c2)s1. The second-order valence-corrected chi connectivity index (χ2v) is 6.31. The van der Waals surface area contributed by atoms with Crippen molar-refractivity contribution >= 4 is 28.0 Å². The van der Waals surface area contributed by atoms with Crippen LogP contribution < -0.4 is 10.1 Å². The molecule has 1 heterocycles. The molecule has 0 fully saturated rings. The summed E-state index contributed by atoms with van der Waals surface area (Å²) in [5, 5.41) is 5.21. The van der Waals surface area contributed by atoms with Crippen LogP contribution >= 0.6 is 11.3 Å². The van der Waals surface area contributed by atoms with Gasteiger partial charge in [0, 0.05) is 4.88 Å². The lowest BCUT2D eigenvalue weighted by atomic mass is 10.1. The molecule has 1 aromatic heterocycles. The maximum absolute atomic E-state index is 11.9. The summed E-state index contributed by atoms with van der Waals surface area (Å²) in [6, 6.07) is 18.0. The average molecular weight is 311 g/mol. The minimum Gasteiger partial charge on any atom is -0.492 e. The van der Waals surface area contributed by atoms with Crippen molar-refractivity contribution in [2.75, 3.05) is 13.2 Å². The summed E-state index contributed by atoms with van der Waals surface area (Å²) >= 11 is 1.50. The number of fused-ring (bicyclic) bond motifs is 1. The molecule has 3 aromatic rings. The first-order valence-electron chi connectivity index (χ1n) is 7.18. The Labute approximate surface area is 133 Å². The number of ether oxygens (including phenoxy) is 1. The number of nitrogens with one attached hydrogen (secondary N) is 1. The summed E-state index contributed by atoms with van der Waals surface area (Å²) in [7, 11) is 0. The number of amides is 1. The highest BCUT2D eigenvalue weighted by molar-refractivity contribution is 7.13. The molecule has 0 radical (unpaired) electrons. The molecule has 0 spiro atoms. The Morgan fingerprint density at radius 3 is 2.68 bits per heavy atom. The molecule has 0 aliphatic carbocycles. The Morgan fingerprint density at radius 1 is 1.09 bits per heavy atom. The Morgan fingerprint density at radius 2 is 1.91 bits per heavy atom. The summed E-state index contributed by atoms with van der Waals surface area (Å²) in [4.78, 5) is 13.8. The highest BCUT2D eigenvalue weighted by atomic mass is 32.1. The van der Waals surface area contributed by atoms with E-state index in [1.54, 1.807) is 0 Å². The second kappa shape index (κ2) is 6.62. The van der Waals surface area contributed by atoms with E-state index in [2.05, 4.69) is 17.4 Å². The highest BCUT2D eigenvalue weighted by Gasteiger charge is 2.06. The predicted octanol–water partition coefficient (Wildman–Crippen LogP) is 4.02. The summed E-state index contributed by atoms with van der Waals surface area (Å²) in [6.45, 7) is 2.93. The van der Waals surface area contributed by atoms with Gasteiger partial charge in [0.1, 0.15) is 12.4 Å². The van der Waals surface area contributed by atoms with Crippen molar-refractivity contribution < 1.29 is 9.53 Å². The van der Waals surface area contributed by atoms with E-state index in [-0.39, 0.29) is 5.91 Å². The van der Waals surface area contributed by atoms with Crippen LogP contribution in [0.2, 0.25) is 0 Å². The van der Waals surface area contributed by atoms with E-state index in [1.165, 1.54) is 16.7 Å². The lowest BCUT2D eigenvalue weighted by Gasteiger charge is -2.08. The van der Waals surface area contributed by atoms with Crippen molar-refractivity contribution in [3.63, 3.8) is 0 Å². The van der Waals surface area contributed by atoms with Gasteiger partial charge >= 0.3 is 0 Å². The van der Waals surface area contributed by atoms with Crippen LogP contribution in [0, 0.1) is 6.92 Å². The van der Waals surface area contributed by atoms with Crippen LogP contribution in [0.4, 0.5) is 0 Å². The molecule has 0 unspecified atom stereocenters. The molecule has 4 heteroatoms. The maximum atomic E-state index is 11.9. The topological polar surface area (TPSA) is 38.3 Å². The first-order chi connectivity index (χ1) is 10.7. The van der Waals surface area contributed by atoms with E-state index in [0.717, 1.165) is 20.9 Å². The Balaban J connectivity index is 1.51. The summed E-state index contributed by atoms with van der Waals surface area (Å²) < 4.78 is 5.69. The molecule has 0 aliphatic rings. The van der Waals surface area contributed by atoms with Gasteiger partial charge in [-0.25, -0.2) is 0 Å². The zero-order valence-corrected chi connectivity index (χ0v) is 13.2. The van der Waals surface area contributed by atoms with Gasteiger partial charge in [0.05, 0.1) is 11.4 Å². The first-order valence-corrected chi connectivity index (χ1v) is 8.00. The number of thiophene rings is 1. The maximum Gasteiger partial charge on any atom is 0.261 e. The van der Waals surface area contributed by atoms with E-state index in [0.29, 0.717) is 13.2 Å². The van der Waals surface area contributed by atoms with Crippen molar-refractivity contribution in [1.29, 1.82) is 0 Å². The van der Waals surface area contributed by atoms with E-state index in [4.69, 9.17) is 4.74 Å². The molecule has 22 heavy (non-hydrogen) atoms. The lowest BCUT2D eigenvalue weighted by molar-refractivity contribution is 0.0951. The number of hydrogen-bond donors (Lipinski definition) is 1. The molecule has 3 rings (SSSR count). The minimum atomic E-state index is -0.0415. The first kappa shape index (κ1) is 14.6. The average Bonchev–Trinajstić information content (AvgIpc) is 2.98. The number of hydrogen-bond acceptors (Lipinski definition) is 3. The van der Waals surface area contributed by atoms with Crippen molar-refractivity contribution in [2.45, 2.75) is 6.92 Å². The van der Waals surface area contributed by atoms with E-state index < -0.39 is 0 Å². The molecular weight excluding hydrogens is 294 g/mol. The fraction of sp³-hybridized carbons (Fsp3) is 0.167. The van der Waals surface area contributed by atoms with E-state index in [1.807, 2.05) is 49.4 Å². The molecule has 3 nitrogen and oxygen atoms in total. The fourth-order valence-corrected chi connectivity index (χ4v) is 3.02. The van der Waals surface area contributed by atoms with E-state index in [9.17, 15) is 4.79 Å². The largest absolute Gasteiger partial charge is 0.492 e. The third-order valence-electron chi connectivity index (χ3n) is 3.34. The number of carbonyl (C=O) groups excluding carboxylic acids is 1. The zero-order valence-electron chi connectivity index (χ0n) is 12.3. The molecule has 1 amide bonds. The van der Waals surface area contributed by atoms with Crippen molar-refractivity contribution in [2.24, 2.45) is 0 Å². The van der Waals surface area contributed by atoms with Gasteiger partial charge in [-0.3, -0.25) is 4.79 Å². The summed E-state index contributed by atoms with van der Waals surface area (Å²) in [5.41, 5.74) is 0. The van der Waals surface area contributed by atoms with Gasteiger partial charge in [0.15, 0.2) is 0 Å². The fourth-order valence-electron chi connectivity index (χ4n) is 2.23. The van der Waals surface area contributed by atoms with Crippen LogP contribution in [-0.2, 0) is 0 Å². The molecule has 1 N–H and O–H groups in total. The monoisotopic (exact) mass is 311 g/mol. The van der Waals surface area contributed by atoms with Crippen LogP contribution in [0.5, 0.6) is 5.75 Å². The van der Waals surface area contributed by atoms with E-state index >= 15 is 0 Å². The summed E-state index contributed by atoms with van der Waals surface area (Å²) in [6.07, 6.45) is 0. The van der Waals surface area contributed by atoms with Gasteiger partial charge in [-0.15, -0.1) is 11.3 Å². The Bertz CT molecular complexity index is 794. The van der Waals surface area contributed by atoms with Crippen LogP contribution in [0.25, 0.3) is 10.8 Å². The van der Waals surface area contributed by atoms with Crippen LogP contribution in [-0.4, -0.2) is 19.1 Å². The third kappa shape index (κ3) is 3.46. The smallest absolute Gasteiger partial charge is 0.261 e. The molecule has 0 atom stereocenters. The Hall–Kier alpha value is -2.33. The molecule has 112 valence electrons. The molecule has 0 saturated heterocycles. The number of aryl methyl sites for hydroxylation is 1. The highest BCUT2D eigenvalue weighted by Crippen LogP contribution is 2.20. The molecule has 0 saturated carbocycles. The summed E-state index contributed by atoms with van der Waals surface area (Å²) in [5.74, 6) is 0.778. The standard InChI is InChI=1S/C18H17NO2S/c1-13-6-9-17(22-13)18(20)19-10-11-21-16-8-7-14-4-2-3-5-15(14)12-16/h2-9,12H,10-11H2,1H3,(H,19,20). The molecule has 2 aromatic carbocycles. The third-order valence-corrected chi connectivity index (χ3v) is 4.34. The number of carbonyl (C=O) groups is 1. The second-order valence-electron chi connectivity index (χ2n) is 5.02. The normalized spacial score (nSPS) is 10.6. The predicted molar refractivity (Wildman–Crippen MR) is 90.8 cm³/mol. The molecular formula is C18H17NO2S. The van der Waals surface area contributed by atoms with Gasteiger partial charge in [-0.1, -0.05) is 30.3 Å². The lowest BCUT2D eigenvalue weighted by Crippen LogP contribution is -2.27. The zero-order chi connectivity index (χ0) is 15.4. The van der Waals surface area contributed by atoms with Crippen LogP contribution in [0.1, 0.15) is 14.5 Å². The van der Waals surface area contributed by atoms with Crippen molar-refractivity contribution in [3.05, 3.63) is 64.4 Å². The van der Waals surface area contributed by atoms with Gasteiger partial charge in [0.2, 0.25) is 0 Å². The minimum absolute atomic E-state index is 0.0415. The number of benzene rings is 2.